The maximum absolute atomic E-state index is 12.2. The zero-order valence-electron chi connectivity index (χ0n) is 14.0. The summed E-state index contributed by atoms with van der Waals surface area (Å²) in [5, 5.41) is 1.17. The van der Waals surface area contributed by atoms with Crippen LogP contribution in [0.15, 0.2) is 38.9 Å². The van der Waals surface area contributed by atoms with Gasteiger partial charge in [-0.3, -0.25) is 14.6 Å². The molecule has 0 radical (unpaired) electrons. The molecule has 8 heteroatoms. The maximum atomic E-state index is 12.2. The van der Waals surface area contributed by atoms with Crippen LogP contribution in [0.4, 0.5) is 0 Å². The number of H-pyrrole nitrogens is 1. The van der Waals surface area contributed by atoms with Gasteiger partial charge >= 0.3 is 0 Å². The summed E-state index contributed by atoms with van der Waals surface area (Å²) in [5.74, 6) is 0.695. The second-order valence-corrected chi connectivity index (χ2v) is 9.42. The normalized spacial score (nSPS) is 16.4. The molecule has 0 bridgehead atoms. The van der Waals surface area contributed by atoms with E-state index in [-0.39, 0.29) is 5.56 Å². The molecule has 4 rings (SSSR count). The molecule has 0 saturated carbocycles. The Morgan fingerprint density at radius 1 is 1.12 bits per heavy atom. The summed E-state index contributed by atoms with van der Waals surface area (Å²) in [6.07, 6.45) is 0. The zero-order valence-corrected chi connectivity index (χ0v) is 17.2. The minimum absolute atomic E-state index is 0.108. The van der Waals surface area contributed by atoms with Crippen LogP contribution in [-0.4, -0.2) is 45.9 Å². The van der Waals surface area contributed by atoms with Gasteiger partial charge in [-0.2, -0.15) is 0 Å². The summed E-state index contributed by atoms with van der Waals surface area (Å²) in [6.45, 7) is 5.59. The standard InChI is InChI=1S/C18H18BrClN4OS/c19-16-4-2-13(26-16)10-23-5-7-24(8-6-23)11-17-21-15-9-12(20)1-3-14(15)18(25)22-17/h1-4,9H,5-8,10-11H2,(H,21,22,25). The Labute approximate surface area is 168 Å². The van der Waals surface area contributed by atoms with Gasteiger partial charge in [-0.15, -0.1) is 11.3 Å². The summed E-state index contributed by atoms with van der Waals surface area (Å²) in [6, 6.07) is 9.45. The molecule has 1 aromatic carbocycles. The second-order valence-electron chi connectivity index (χ2n) is 6.43. The first-order chi connectivity index (χ1) is 12.6. The number of aromatic amines is 1. The van der Waals surface area contributed by atoms with Crippen molar-refractivity contribution in [2.24, 2.45) is 0 Å². The fourth-order valence-electron chi connectivity index (χ4n) is 3.21. The molecular formula is C18H18BrClN4OS. The molecule has 5 nitrogen and oxygen atoms in total. The first kappa shape index (κ1) is 18.1. The number of hydrogen-bond acceptors (Lipinski definition) is 5. The number of thiophene rings is 1. The highest BCUT2D eigenvalue weighted by molar-refractivity contribution is 9.11. The van der Waals surface area contributed by atoms with E-state index in [4.69, 9.17) is 11.6 Å². The van der Waals surface area contributed by atoms with E-state index in [2.05, 4.69) is 47.8 Å². The Morgan fingerprint density at radius 3 is 2.54 bits per heavy atom. The molecule has 0 atom stereocenters. The van der Waals surface area contributed by atoms with Crippen LogP contribution in [0.5, 0.6) is 0 Å². The van der Waals surface area contributed by atoms with Crippen molar-refractivity contribution in [3.63, 3.8) is 0 Å². The van der Waals surface area contributed by atoms with Crippen LogP contribution in [-0.2, 0) is 13.1 Å². The predicted molar refractivity (Wildman–Crippen MR) is 110 cm³/mol. The van der Waals surface area contributed by atoms with Gasteiger partial charge in [0.15, 0.2) is 0 Å². The van der Waals surface area contributed by atoms with E-state index < -0.39 is 0 Å². The maximum Gasteiger partial charge on any atom is 0.258 e. The number of nitrogens with one attached hydrogen (secondary N) is 1. The molecule has 0 aliphatic carbocycles. The van der Waals surface area contributed by atoms with Gasteiger partial charge in [0, 0.05) is 42.6 Å². The van der Waals surface area contributed by atoms with Crippen molar-refractivity contribution in [3.8, 4) is 0 Å². The van der Waals surface area contributed by atoms with Crippen molar-refractivity contribution in [1.82, 2.24) is 19.8 Å². The zero-order chi connectivity index (χ0) is 18.1. The minimum Gasteiger partial charge on any atom is -0.309 e. The Hall–Kier alpha value is -1.25. The number of hydrogen-bond donors (Lipinski definition) is 1. The van der Waals surface area contributed by atoms with Crippen molar-refractivity contribution >= 4 is 49.8 Å². The molecule has 0 unspecified atom stereocenters. The van der Waals surface area contributed by atoms with Gasteiger partial charge in [-0.1, -0.05) is 11.6 Å². The van der Waals surface area contributed by atoms with Gasteiger partial charge in [-0.05, 0) is 46.3 Å². The van der Waals surface area contributed by atoms with Gasteiger partial charge in [0.2, 0.25) is 0 Å². The lowest BCUT2D eigenvalue weighted by molar-refractivity contribution is 0.120. The molecule has 3 aromatic rings. The number of benzene rings is 1. The van der Waals surface area contributed by atoms with Crippen molar-refractivity contribution in [2.45, 2.75) is 13.1 Å². The fraction of sp³-hybridized carbons (Fsp3) is 0.333. The van der Waals surface area contributed by atoms with Crippen molar-refractivity contribution in [3.05, 3.63) is 60.2 Å². The highest BCUT2D eigenvalue weighted by atomic mass is 79.9. The highest BCUT2D eigenvalue weighted by Gasteiger charge is 2.18. The molecule has 1 fully saturated rings. The first-order valence-corrected chi connectivity index (χ1v) is 10.4. The third kappa shape index (κ3) is 4.18. The van der Waals surface area contributed by atoms with E-state index in [0.717, 1.165) is 32.7 Å². The topological polar surface area (TPSA) is 52.2 Å². The first-order valence-electron chi connectivity index (χ1n) is 8.44. The lowest BCUT2D eigenvalue weighted by Crippen LogP contribution is -2.45. The predicted octanol–water partition coefficient (Wildman–Crippen LogP) is 3.72. The van der Waals surface area contributed by atoms with Crippen LogP contribution in [0.1, 0.15) is 10.7 Å². The summed E-state index contributed by atoms with van der Waals surface area (Å²) in [4.78, 5) is 25.9. The number of rotatable bonds is 4. The molecule has 136 valence electrons. The molecule has 1 saturated heterocycles. The highest BCUT2D eigenvalue weighted by Crippen LogP contribution is 2.23. The molecule has 26 heavy (non-hydrogen) atoms. The van der Waals surface area contributed by atoms with Crippen molar-refractivity contribution in [1.29, 1.82) is 0 Å². The van der Waals surface area contributed by atoms with Crippen LogP contribution in [0.2, 0.25) is 5.02 Å². The van der Waals surface area contributed by atoms with E-state index in [0.29, 0.717) is 28.3 Å². The molecule has 1 N–H and O–H groups in total. The third-order valence-electron chi connectivity index (χ3n) is 4.56. The average Bonchev–Trinajstić information content (AvgIpc) is 3.01. The smallest absolute Gasteiger partial charge is 0.258 e. The largest absolute Gasteiger partial charge is 0.309 e. The molecule has 0 spiro atoms. The Balaban J connectivity index is 1.39. The van der Waals surface area contributed by atoms with Gasteiger partial charge < -0.3 is 4.98 Å². The average molecular weight is 454 g/mol. The summed E-state index contributed by atoms with van der Waals surface area (Å²) in [7, 11) is 0. The summed E-state index contributed by atoms with van der Waals surface area (Å²) < 4.78 is 1.18. The van der Waals surface area contributed by atoms with E-state index in [1.807, 2.05) is 0 Å². The summed E-state index contributed by atoms with van der Waals surface area (Å²) in [5.41, 5.74) is 0.543. The quantitative estimate of drug-likeness (QED) is 0.654. The van der Waals surface area contributed by atoms with E-state index >= 15 is 0 Å². The molecule has 1 aliphatic heterocycles. The van der Waals surface area contributed by atoms with Crippen molar-refractivity contribution in [2.75, 3.05) is 26.2 Å². The second kappa shape index (κ2) is 7.78. The van der Waals surface area contributed by atoms with E-state index in [9.17, 15) is 4.79 Å². The molecule has 0 amide bonds. The van der Waals surface area contributed by atoms with Gasteiger partial charge in [0.05, 0.1) is 21.2 Å². The third-order valence-corrected chi connectivity index (χ3v) is 6.41. The molecular weight excluding hydrogens is 436 g/mol. The van der Waals surface area contributed by atoms with E-state index in [1.165, 1.54) is 8.66 Å². The number of fused-ring (bicyclic) bond motifs is 1. The van der Waals surface area contributed by atoms with E-state index in [1.54, 1.807) is 29.5 Å². The van der Waals surface area contributed by atoms with Crippen LogP contribution >= 0.6 is 38.9 Å². The van der Waals surface area contributed by atoms with Crippen LogP contribution < -0.4 is 5.56 Å². The van der Waals surface area contributed by atoms with Crippen molar-refractivity contribution < 1.29 is 0 Å². The Bertz CT molecular complexity index is 981. The van der Waals surface area contributed by atoms with Gasteiger partial charge in [-0.25, -0.2) is 4.98 Å². The monoisotopic (exact) mass is 452 g/mol. The number of aromatic nitrogens is 2. The molecule has 2 aromatic heterocycles. The fourth-order valence-corrected chi connectivity index (χ4v) is 4.90. The summed E-state index contributed by atoms with van der Waals surface area (Å²) >= 11 is 11.3. The van der Waals surface area contributed by atoms with Gasteiger partial charge in [0.1, 0.15) is 5.82 Å². The lowest BCUT2D eigenvalue weighted by Gasteiger charge is -2.34. The Morgan fingerprint density at radius 2 is 1.85 bits per heavy atom. The Kier molecular flexibility index (Phi) is 5.42. The van der Waals surface area contributed by atoms with Crippen LogP contribution in [0, 0.1) is 0 Å². The van der Waals surface area contributed by atoms with Crippen LogP contribution in [0.3, 0.4) is 0 Å². The number of nitrogens with zero attached hydrogens (tertiary/aromatic N) is 3. The van der Waals surface area contributed by atoms with Crippen LogP contribution in [0.25, 0.3) is 10.9 Å². The molecule has 1 aliphatic rings. The SMILES string of the molecule is O=c1[nH]c(CN2CCN(Cc3ccc(Br)s3)CC2)nc2cc(Cl)ccc12. The minimum atomic E-state index is -0.108. The number of piperazine rings is 1. The van der Waals surface area contributed by atoms with Gasteiger partial charge in [0.25, 0.3) is 5.56 Å². The lowest BCUT2D eigenvalue weighted by atomic mass is 10.2. The molecule has 3 heterocycles. The number of halogens is 2.